The highest BCUT2D eigenvalue weighted by molar-refractivity contribution is 5.82. The Labute approximate surface area is 117 Å². The maximum absolute atomic E-state index is 3.63. The van der Waals surface area contributed by atoms with Crippen LogP contribution in [0.4, 0.5) is 0 Å². The van der Waals surface area contributed by atoms with Crippen molar-refractivity contribution >= 4 is 10.8 Å². The highest BCUT2D eigenvalue weighted by Crippen LogP contribution is 2.19. The average molecular weight is 255 g/mol. The number of nitrogens with one attached hydrogen (secondary N) is 1. The Morgan fingerprint density at radius 1 is 1.00 bits per heavy atom. The quantitative estimate of drug-likeness (QED) is 0.806. The summed E-state index contributed by atoms with van der Waals surface area (Å²) in [5, 5.41) is 6.31. The first-order chi connectivity index (χ1) is 9.24. The van der Waals surface area contributed by atoms with Crippen LogP contribution in [0.1, 0.15) is 32.8 Å². The highest BCUT2D eigenvalue weighted by atomic mass is 14.9. The summed E-state index contributed by atoms with van der Waals surface area (Å²) in [6.07, 6.45) is 2.35. The summed E-state index contributed by atoms with van der Waals surface area (Å²) in [5.74, 6) is 0.714. The second kappa shape index (κ2) is 6.72. The molecule has 0 saturated carbocycles. The number of rotatable bonds is 6. The fourth-order valence-electron chi connectivity index (χ4n) is 2.64. The van der Waals surface area contributed by atoms with Crippen LogP contribution in [-0.4, -0.2) is 12.6 Å². The molecule has 19 heavy (non-hydrogen) atoms. The van der Waals surface area contributed by atoms with Gasteiger partial charge in [-0.25, -0.2) is 0 Å². The van der Waals surface area contributed by atoms with E-state index in [0.29, 0.717) is 12.0 Å². The van der Waals surface area contributed by atoms with Crippen molar-refractivity contribution in [3.63, 3.8) is 0 Å². The molecular weight excluding hydrogens is 230 g/mol. The van der Waals surface area contributed by atoms with Gasteiger partial charge in [0.2, 0.25) is 0 Å². The summed E-state index contributed by atoms with van der Waals surface area (Å²) in [4.78, 5) is 0. The summed E-state index contributed by atoms with van der Waals surface area (Å²) in [5.41, 5.74) is 1.44. The van der Waals surface area contributed by atoms with Crippen LogP contribution in [0.3, 0.4) is 0 Å². The first-order valence-corrected chi connectivity index (χ1v) is 7.45. The third-order valence-corrected chi connectivity index (χ3v) is 4.07. The lowest BCUT2D eigenvalue weighted by atomic mass is 9.92. The maximum Gasteiger partial charge on any atom is 0.0133 e. The normalized spacial score (nSPS) is 14.5. The number of likely N-dealkylation sites (N-methyl/N-ethyl adjacent to an activating group) is 1. The van der Waals surface area contributed by atoms with Gasteiger partial charge in [-0.05, 0) is 35.2 Å². The van der Waals surface area contributed by atoms with Gasteiger partial charge >= 0.3 is 0 Å². The van der Waals surface area contributed by atoms with Crippen molar-refractivity contribution in [3.8, 4) is 0 Å². The zero-order valence-corrected chi connectivity index (χ0v) is 12.3. The Morgan fingerprint density at radius 3 is 2.42 bits per heavy atom. The molecule has 2 aromatic rings. The van der Waals surface area contributed by atoms with E-state index in [1.165, 1.54) is 22.8 Å². The van der Waals surface area contributed by atoms with E-state index in [1.807, 2.05) is 0 Å². The van der Waals surface area contributed by atoms with Crippen LogP contribution < -0.4 is 5.32 Å². The summed E-state index contributed by atoms with van der Waals surface area (Å²) >= 11 is 0. The Balaban J connectivity index is 2.18. The summed E-state index contributed by atoms with van der Waals surface area (Å²) in [6.45, 7) is 7.85. The summed E-state index contributed by atoms with van der Waals surface area (Å²) in [6, 6.07) is 16.0. The van der Waals surface area contributed by atoms with E-state index in [9.17, 15) is 0 Å². The van der Waals surface area contributed by atoms with Crippen LogP contribution in [-0.2, 0) is 6.42 Å². The smallest absolute Gasteiger partial charge is 0.0133 e. The Bertz CT molecular complexity index is 518. The molecule has 0 aliphatic heterocycles. The maximum atomic E-state index is 3.63. The summed E-state index contributed by atoms with van der Waals surface area (Å²) in [7, 11) is 0. The fraction of sp³-hybridized carbons (Fsp3) is 0.444. The molecule has 0 aromatic heterocycles. The van der Waals surface area contributed by atoms with E-state index in [0.717, 1.165) is 13.0 Å². The van der Waals surface area contributed by atoms with Crippen LogP contribution in [0, 0.1) is 5.92 Å². The Hall–Kier alpha value is -1.34. The molecule has 0 amide bonds. The van der Waals surface area contributed by atoms with Gasteiger partial charge in [0, 0.05) is 6.04 Å². The van der Waals surface area contributed by atoms with Crippen molar-refractivity contribution < 1.29 is 0 Å². The molecule has 2 rings (SSSR count). The minimum Gasteiger partial charge on any atom is -0.314 e. The zero-order valence-electron chi connectivity index (χ0n) is 12.3. The molecule has 0 bridgehead atoms. The van der Waals surface area contributed by atoms with E-state index in [2.05, 4.69) is 68.6 Å². The minimum atomic E-state index is 0.580. The van der Waals surface area contributed by atoms with Crippen molar-refractivity contribution in [2.24, 2.45) is 5.92 Å². The van der Waals surface area contributed by atoms with E-state index in [-0.39, 0.29) is 0 Å². The number of benzene rings is 2. The Morgan fingerprint density at radius 2 is 1.74 bits per heavy atom. The van der Waals surface area contributed by atoms with Crippen molar-refractivity contribution in [1.29, 1.82) is 0 Å². The SMILES string of the molecule is CCNC(Cc1ccc2ccccc2c1)C(C)CC. The number of fused-ring (bicyclic) bond motifs is 1. The molecule has 0 aliphatic rings. The van der Waals surface area contributed by atoms with Crippen molar-refractivity contribution in [3.05, 3.63) is 48.0 Å². The molecule has 0 spiro atoms. The number of hydrogen-bond donors (Lipinski definition) is 1. The molecule has 1 heteroatoms. The van der Waals surface area contributed by atoms with Crippen LogP contribution >= 0.6 is 0 Å². The van der Waals surface area contributed by atoms with Gasteiger partial charge in [0.15, 0.2) is 0 Å². The lowest BCUT2D eigenvalue weighted by Crippen LogP contribution is -2.36. The van der Waals surface area contributed by atoms with Gasteiger partial charge in [-0.15, -0.1) is 0 Å². The highest BCUT2D eigenvalue weighted by Gasteiger charge is 2.15. The van der Waals surface area contributed by atoms with Crippen LogP contribution in [0.5, 0.6) is 0 Å². The molecule has 0 aliphatic carbocycles. The second-order valence-electron chi connectivity index (χ2n) is 5.44. The van der Waals surface area contributed by atoms with Gasteiger partial charge in [-0.1, -0.05) is 69.7 Å². The van der Waals surface area contributed by atoms with Gasteiger partial charge in [0.05, 0.1) is 0 Å². The third-order valence-electron chi connectivity index (χ3n) is 4.07. The predicted molar refractivity (Wildman–Crippen MR) is 84.6 cm³/mol. The molecule has 0 radical (unpaired) electrons. The number of hydrogen-bond acceptors (Lipinski definition) is 1. The van der Waals surface area contributed by atoms with Gasteiger partial charge in [0.25, 0.3) is 0 Å². The van der Waals surface area contributed by atoms with Gasteiger partial charge in [-0.2, -0.15) is 0 Å². The molecule has 2 aromatic carbocycles. The van der Waals surface area contributed by atoms with Crippen molar-refractivity contribution in [1.82, 2.24) is 5.32 Å². The lowest BCUT2D eigenvalue weighted by molar-refractivity contribution is 0.371. The largest absolute Gasteiger partial charge is 0.314 e. The molecule has 0 fully saturated rings. The van der Waals surface area contributed by atoms with E-state index in [4.69, 9.17) is 0 Å². The standard InChI is InChI=1S/C18H25N/c1-4-14(3)18(19-5-2)13-15-10-11-16-8-6-7-9-17(16)12-15/h6-12,14,18-19H,4-5,13H2,1-3H3. The predicted octanol–water partition coefficient (Wildman–Crippen LogP) is 4.41. The van der Waals surface area contributed by atoms with Crippen LogP contribution in [0.2, 0.25) is 0 Å². The van der Waals surface area contributed by atoms with E-state index >= 15 is 0 Å². The molecule has 1 N–H and O–H groups in total. The molecular formula is C18H25N. The van der Waals surface area contributed by atoms with E-state index < -0.39 is 0 Å². The third kappa shape index (κ3) is 3.57. The Kier molecular flexibility index (Phi) is 4.98. The van der Waals surface area contributed by atoms with Gasteiger partial charge in [-0.3, -0.25) is 0 Å². The topological polar surface area (TPSA) is 12.0 Å². The first kappa shape index (κ1) is 14.1. The van der Waals surface area contributed by atoms with Gasteiger partial charge < -0.3 is 5.32 Å². The zero-order chi connectivity index (χ0) is 13.7. The molecule has 2 unspecified atom stereocenters. The van der Waals surface area contributed by atoms with Gasteiger partial charge in [0.1, 0.15) is 0 Å². The van der Waals surface area contributed by atoms with Crippen molar-refractivity contribution in [2.75, 3.05) is 6.54 Å². The van der Waals surface area contributed by atoms with Crippen LogP contribution in [0.15, 0.2) is 42.5 Å². The average Bonchev–Trinajstić information content (AvgIpc) is 2.46. The van der Waals surface area contributed by atoms with E-state index in [1.54, 1.807) is 0 Å². The lowest BCUT2D eigenvalue weighted by Gasteiger charge is -2.24. The second-order valence-corrected chi connectivity index (χ2v) is 5.44. The monoisotopic (exact) mass is 255 g/mol. The minimum absolute atomic E-state index is 0.580. The molecule has 102 valence electrons. The fourth-order valence-corrected chi connectivity index (χ4v) is 2.64. The molecule has 0 saturated heterocycles. The molecule has 0 heterocycles. The van der Waals surface area contributed by atoms with Crippen molar-refractivity contribution in [2.45, 2.75) is 39.7 Å². The summed E-state index contributed by atoms with van der Waals surface area (Å²) < 4.78 is 0. The molecule has 1 nitrogen and oxygen atoms in total. The first-order valence-electron chi connectivity index (χ1n) is 7.45. The van der Waals surface area contributed by atoms with Crippen LogP contribution in [0.25, 0.3) is 10.8 Å². The molecule has 2 atom stereocenters.